The van der Waals surface area contributed by atoms with E-state index < -0.39 is 18.2 Å². The smallest absolute Gasteiger partial charge is 0.328 e. The highest BCUT2D eigenvalue weighted by Gasteiger charge is 2.25. The number of hydrogen-bond acceptors (Lipinski definition) is 6. The van der Waals surface area contributed by atoms with E-state index in [1.165, 1.54) is 10.9 Å². The number of nitrogens with zero attached hydrogens (tertiary/aromatic N) is 2. The summed E-state index contributed by atoms with van der Waals surface area (Å²) in [6.45, 7) is 2.34. The lowest BCUT2D eigenvalue weighted by molar-refractivity contribution is -0.134. The Labute approximate surface area is 204 Å². The number of aliphatic hydroxyl groups excluding tert-OH is 1. The van der Waals surface area contributed by atoms with E-state index in [1.54, 1.807) is 0 Å². The van der Waals surface area contributed by atoms with Gasteiger partial charge >= 0.3 is 11.9 Å². The molecule has 0 aliphatic carbocycles. The number of likely N-dealkylation sites (tertiary alicyclic amines) is 1. The summed E-state index contributed by atoms with van der Waals surface area (Å²) in [5.74, 6) is -1.14. The minimum atomic E-state index is -1.26. The van der Waals surface area contributed by atoms with Crippen molar-refractivity contribution in [3.05, 3.63) is 84.6 Å². The van der Waals surface area contributed by atoms with Crippen molar-refractivity contribution in [1.82, 2.24) is 9.88 Å². The van der Waals surface area contributed by atoms with Crippen LogP contribution in [0.2, 0.25) is 0 Å². The average molecular weight is 479 g/mol. The van der Waals surface area contributed by atoms with Crippen molar-refractivity contribution in [2.45, 2.75) is 31.4 Å². The molecule has 35 heavy (non-hydrogen) atoms. The highest BCUT2D eigenvalue weighted by molar-refractivity contribution is 5.89. The molecule has 2 aromatic carbocycles. The van der Waals surface area contributed by atoms with Crippen LogP contribution in [-0.4, -0.2) is 63.1 Å². The van der Waals surface area contributed by atoms with Gasteiger partial charge in [-0.15, -0.1) is 0 Å². The minimum absolute atomic E-state index is 0.440. The Hall–Kier alpha value is -3.75. The molecule has 0 radical (unpaired) electrons. The van der Waals surface area contributed by atoms with E-state index in [9.17, 15) is 14.7 Å². The van der Waals surface area contributed by atoms with Crippen LogP contribution in [0.15, 0.2) is 79.0 Å². The number of aromatic nitrogens is 1. The molecule has 0 saturated carbocycles. The lowest BCUT2D eigenvalue weighted by atomic mass is 9.89. The van der Waals surface area contributed by atoms with Gasteiger partial charge in [0.2, 0.25) is 0 Å². The first kappa shape index (κ1) is 25.9. The van der Waals surface area contributed by atoms with Crippen molar-refractivity contribution >= 4 is 22.8 Å². The summed E-state index contributed by atoms with van der Waals surface area (Å²) in [7, 11) is 0. The van der Waals surface area contributed by atoms with Crippen molar-refractivity contribution in [2.24, 2.45) is 0 Å². The third-order valence-electron chi connectivity index (χ3n) is 5.79. The lowest BCUT2D eigenvalue weighted by Crippen LogP contribution is -2.41. The molecule has 1 aromatic heterocycles. The third-order valence-corrected chi connectivity index (χ3v) is 5.79. The van der Waals surface area contributed by atoms with E-state index in [-0.39, 0.29) is 0 Å². The number of rotatable bonds is 8. The van der Waals surface area contributed by atoms with E-state index in [4.69, 9.17) is 14.9 Å². The number of aliphatic hydroxyl groups is 1. The largest absolute Gasteiger partial charge is 0.493 e. The summed E-state index contributed by atoms with van der Waals surface area (Å²) in [5.41, 5.74) is 2.36. The predicted octanol–water partition coefficient (Wildman–Crippen LogP) is 3.91. The summed E-state index contributed by atoms with van der Waals surface area (Å²) in [6, 6.07) is 20.3. The van der Waals surface area contributed by atoms with Gasteiger partial charge in [0.25, 0.3) is 0 Å². The fraction of sp³-hybridized carbons (Fsp3) is 0.296. The maximum Gasteiger partial charge on any atom is 0.328 e. The van der Waals surface area contributed by atoms with E-state index in [2.05, 4.69) is 34.1 Å². The predicted molar refractivity (Wildman–Crippen MR) is 132 cm³/mol. The molecular weight excluding hydrogens is 448 g/mol. The van der Waals surface area contributed by atoms with E-state index >= 15 is 0 Å². The Morgan fingerprint density at radius 2 is 1.63 bits per heavy atom. The minimum Gasteiger partial charge on any atom is -0.493 e. The molecule has 1 atom stereocenters. The summed E-state index contributed by atoms with van der Waals surface area (Å²) in [4.78, 5) is 25.9. The SMILES string of the molecule is O=C(O)C=CC(=O)O.O[C@@H](CCOc1ccccc1)N1CCC(c2cnc3ccccc3c2)CC1. The molecule has 8 nitrogen and oxygen atoms in total. The molecule has 0 bridgehead atoms. The number of ether oxygens (including phenoxy) is 1. The first-order chi connectivity index (χ1) is 16.9. The lowest BCUT2D eigenvalue weighted by Gasteiger charge is -2.35. The summed E-state index contributed by atoms with van der Waals surface area (Å²) < 4.78 is 5.70. The number of carboxylic acids is 2. The average Bonchev–Trinajstić information content (AvgIpc) is 2.88. The Morgan fingerprint density at radius 3 is 2.29 bits per heavy atom. The van der Waals surface area contributed by atoms with Gasteiger partial charge in [0.15, 0.2) is 0 Å². The number of carbonyl (C=O) groups is 2. The van der Waals surface area contributed by atoms with E-state index in [0.29, 0.717) is 31.1 Å². The zero-order chi connectivity index (χ0) is 25.0. The van der Waals surface area contributed by atoms with E-state index in [0.717, 1.165) is 37.2 Å². The molecule has 184 valence electrons. The standard InChI is InChI=1S/C23H26N2O2.C4H4O4/c26-23(12-15-27-21-7-2-1-3-8-21)25-13-10-18(11-14-25)20-16-19-6-4-5-9-22(19)24-17-20;5-3(6)1-2-4(7)8/h1-9,16-18,23,26H,10-15H2;1-2H,(H,5,6)(H,7,8)/t23-;/m0./s1. The summed E-state index contributed by atoms with van der Waals surface area (Å²) in [6.07, 6.45) is 5.42. The number of fused-ring (bicyclic) bond motifs is 1. The molecule has 0 amide bonds. The number of pyridine rings is 1. The number of para-hydroxylation sites is 2. The van der Waals surface area contributed by atoms with Crippen LogP contribution in [0.5, 0.6) is 5.75 Å². The van der Waals surface area contributed by atoms with Crippen molar-refractivity contribution in [3.63, 3.8) is 0 Å². The Kier molecular flexibility index (Phi) is 9.77. The summed E-state index contributed by atoms with van der Waals surface area (Å²) in [5, 5.41) is 27.3. The molecule has 1 saturated heterocycles. The number of benzene rings is 2. The van der Waals surface area contributed by atoms with Gasteiger partial charge < -0.3 is 20.1 Å². The van der Waals surface area contributed by atoms with Gasteiger partial charge in [-0.05, 0) is 48.6 Å². The summed E-state index contributed by atoms with van der Waals surface area (Å²) >= 11 is 0. The molecular formula is C27H30N2O6. The third kappa shape index (κ3) is 8.51. The number of piperidine rings is 1. The van der Waals surface area contributed by atoms with Crippen LogP contribution in [0, 0.1) is 0 Å². The highest BCUT2D eigenvalue weighted by atomic mass is 16.5. The number of carboxylic acid groups (broad SMARTS) is 2. The van der Waals surface area contributed by atoms with Crippen molar-refractivity contribution in [1.29, 1.82) is 0 Å². The normalized spacial score (nSPS) is 15.3. The van der Waals surface area contributed by atoms with Crippen LogP contribution in [-0.2, 0) is 9.59 Å². The molecule has 1 fully saturated rings. The molecule has 4 rings (SSSR count). The zero-order valence-corrected chi connectivity index (χ0v) is 19.4. The van der Waals surface area contributed by atoms with Gasteiger partial charge in [-0.3, -0.25) is 9.88 Å². The second kappa shape index (κ2) is 13.2. The Balaban J connectivity index is 0.000000371. The first-order valence-electron chi connectivity index (χ1n) is 11.5. The van der Waals surface area contributed by atoms with Gasteiger partial charge in [0.05, 0.1) is 12.1 Å². The van der Waals surface area contributed by atoms with Crippen LogP contribution in [0.25, 0.3) is 10.9 Å². The van der Waals surface area contributed by atoms with Crippen molar-refractivity contribution in [2.75, 3.05) is 19.7 Å². The molecule has 0 unspecified atom stereocenters. The molecule has 3 aromatic rings. The molecule has 1 aliphatic rings. The maximum absolute atomic E-state index is 10.5. The maximum atomic E-state index is 10.5. The molecule has 3 N–H and O–H groups in total. The monoisotopic (exact) mass is 478 g/mol. The zero-order valence-electron chi connectivity index (χ0n) is 19.4. The number of aliphatic carboxylic acids is 2. The second-order valence-corrected chi connectivity index (χ2v) is 8.21. The van der Waals surface area contributed by atoms with Crippen LogP contribution >= 0.6 is 0 Å². The fourth-order valence-electron chi connectivity index (χ4n) is 3.97. The van der Waals surface area contributed by atoms with Gasteiger partial charge in [-0.25, -0.2) is 9.59 Å². The molecule has 1 aliphatic heterocycles. The first-order valence-corrected chi connectivity index (χ1v) is 11.5. The van der Waals surface area contributed by atoms with Gasteiger partial charge in [0.1, 0.15) is 12.0 Å². The topological polar surface area (TPSA) is 120 Å². The molecule has 8 heteroatoms. The van der Waals surface area contributed by atoms with Crippen LogP contribution in [0.1, 0.15) is 30.7 Å². The van der Waals surface area contributed by atoms with Gasteiger partial charge in [-0.2, -0.15) is 0 Å². The van der Waals surface area contributed by atoms with Crippen LogP contribution < -0.4 is 4.74 Å². The molecule has 2 heterocycles. The Morgan fingerprint density at radius 1 is 1.00 bits per heavy atom. The fourth-order valence-corrected chi connectivity index (χ4v) is 3.97. The van der Waals surface area contributed by atoms with Gasteiger partial charge in [0, 0.05) is 43.2 Å². The van der Waals surface area contributed by atoms with Crippen LogP contribution in [0.4, 0.5) is 0 Å². The highest BCUT2D eigenvalue weighted by Crippen LogP contribution is 2.30. The second-order valence-electron chi connectivity index (χ2n) is 8.21. The van der Waals surface area contributed by atoms with Crippen molar-refractivity contribution in [3.8, 4) is 5.75 Å². The van der Waals surface area contributed by atoms with Crippen LogP contribution in [0.3, 0.4) is 0 Å². The van der Waals surface area contributed by atoms with Gasteiger partial charge in [-0.1, -0.05) is 36.4 Å². The Bertz CT molecular complexity index is 1110. The van der Waals surface area contributed by atoms with Crippen molar-refractivity contribution < 1.29 is 29.6 Å². The number of hydrogen-bond donors (Lipinski definition) is 3. The molecule has 0 spiro atoms. The van der Waals surface area contributed by atoms with E-state index in [1.807, 2.05) is 42.6 Å². The quantitative estimate of drug-likeness (QED) is 0.417.